The third-order valence-electron chi connectivity index (χ3n) is 3.08. The maximum atomic E-state index is 5.99. The molecule has 1 heterocycles. The summed E-state index contributed by atoms with van der Waals surface area (Å²) in [6.07, 6.45) is 0. The molecule has 2 rings (SSSR count). The summed E-state index contributed by atoms with van der Waals surface area (Å²) < 4.78 is 11.4. The summed E-state index contributed by atoms with van der Waals surface area (Å²) in [5, 5.41) is 0.724. The third kappa shape index (κ3) is 3.11. The molecule has 0 saturated carbocycles. The lowest BCUT2D eigenvalue weighted by Gasteiger charge is -2.11. The maximum absolute atomic E-state index is 5.99. The van der Waals surface area contributed by atoms with Crippen LogP contribution >= 0.6 is 11.6 Å². The summed E-state index contributed by atoms with van der Waals surface area (Å²) in [4.78, 5) is 0. The predicted octanol–water partition coefficient (Wildman–Crippen LogP) is 3.90. The molecule has 0 bridgehead atoms. The molecule has 1 aromatic heterocycles. The van der Waals surface area contributed by atoms with E-state index in [-0.39, 0.29) is 0 Å². The molecule has 1 aromatic carbocycles. The van der Waals surface area contributed by atoms with Crippen LogP contribution in [-0.2, 0) is 13.2 Å². The molecule has 4 heteroatoms. The standard InChI is InChI=1S/C15H18ClNO2/c1-9-4-13(16)5-10(2)15(9)18-8-14-6-12(7-17)11(3)19-14/h4-6H,7-8,17H2,1-3H3. The van der Waals surface area contributed by atoms with E-state index in [9.17, 15) is 0 Å². The number of hydrogen-bond acceptors (Lipinski definition) is 3. The minimum absolute atomic E-state index is 0.393. The van der Waals surface area contributed by atoms with Crippen LogP contribution in [0.2, 0.25) is 5.02 Å². The number of aryl methyl sites for hydroxylation is 3. The number of benzene rings is 1. The van der Waals surface area contributed by atoms with E-state index in [1.54, 1.807) is 0 Å². The predicted molar refractivity (Wildman–Crippen MR) is 76.6 cm³/mol. The van der Waals surface area contributed by atoms with Gasteiger partial charge in [0.1, 0.15) is 23.9 Å². The van der Waals surface area contributed by atoms with Crippen molar-refractivity contribution < 1.29 is 9.15 Å². The second-order valence-corrected chi connectivity index (χ2v) is 5.09. The Morgan fingerprint density at radius 2 is 1.79 bits per heavy atom. The highest BCUT2D eigenvalue weighted by atomic mass is 35.5. The lowest BCUT2D eigenvalue weighted by molar-refractivity contribution is 0.264. The van der Waals surface area contributed by atoms with Gasteiger partial charge in [-0.3, -0.25) is 0 Å². The average Bonchev–Trinajstić information content (AvgIpc) is 2.68. The van der Waals surface area contributed by atoms with Crippen molar-refractivity contribution in [3.63, 3.8) is 0 Å². The van der Waals surface area contributed by atoms with Gasteiger partial charge in [-0.15, -0.1) is 0 Å². The molecule has 0 radical (unpaired) electrons. The minimum atomic E-state index is 0.393. The molecule has 0 amide bonds. The van der Waals surface area contributed by atoms with Crippen molar-refractivity contribution >= 4 is 11.6 Å². The van der Waals surface area contributed by atoms with E-state index in [4.69, 9.17) is 26.5 Å². The van der Waals surface area contributed by atoms with Gasteiger partial charge in [0.05, 0.1) is 0 Å². The Labute approximate surface area is 118 Å². The lowest BCUT2D eigenvalue weighted by atomic mass is 10.1. The summed E-state index contributed by atoms with van der Waals surface area (Å²) in [7, 11) is 0. The molecule has 0 spiro atoms. The van der Waals surface area contributed by atoms with Crippen molar-refractivity contribution in [3.8, 4) is 5.75 Å². The van der Waals surface area contributed by atoms with E-state index < -0.39 is 0 Å². The second-order valence-electron chi connectivity index (χ2n) is 4.66. The Kier molecular flexibility index (Phi) is 4.17. The molecule has 0 atom stereocenters. The van der Waals surface area contributed by atoms with Crippen molar-refractivity contribution in [1.82, 2.24) is 0 Å². The Bertz CT molecular complexity index is 567. The Morgan fingerprint density at radius 1 is 1.16 bits per heavy atom. The third-order valence-corrected chi connectivity index (χ3v) is 3.29. The average molecular weight is 280 g/mol. The molecule has 3 nitrogen and oxygen atoms in total. The zero-order valence-electron chi connectivity index (χ0n) is 11.4. The van der Waals surface area contributed by atoms with Crippen LogP contribution in [0.5, 0.6) is 5.75 Å². The molecule has 0 aliphatic rings. The van der Waals surface area contributed by atoms with Crippen LogP contribution in [-0.4, -0.2) is 0 Å². The highest BCUT2D eigenvalue weighted by molar-refractivity contribution is 6.30. The Hall–Kier alpha value is -1.45. The van der Waals surface area contributed by atoms with Crippen LogP contribution in [0.15, 0.2) is 22.6 Å². The van der Waals surface area contributed by atoms with Gasteiger partial charge in [-0.25, -0.2) is 0 Å². The smallest absolute Gasteiger partial charge is 0.146 e. The summed E-state index contributed by atoms with van der Waals surface area (Å²) in [5.41, 5.74) is 8.68. The SMILES string of the molecule is Cc1cc(Cl)cc(C)c1OCc1cc(CN)c(C)o1. The molecule has 19 heavy (non-hydrogen) atoms. The zero-order valence-corrected chi connectivity index (χ0v) is 12.2. The topological polar surface area (TPSA) is 48.4 Å². The summed E-state index contributed by atoms with van der Waals surface area (Å²) in [6, 6.07) is 5.72. The maximum Gasteiger partial charge on any atom is 0.146 e. The van der Waals surface area contributed by atoms with E-state index in [0.717, 1.165) is 39.0 Å². The first-order valence-electron chi connectivity index (χ1n) is 6.19. The minimum Gasteiger partial charge on any atom is -0.485 e. The fourth-order valence-electron chi connectivity index (χ4n) is 2.13. The van der Waals surface area contributed by atoms with Crippen molar-refractivity contribution in [3.05, 3.63) is 51.4 Å². The number of halogens is 1. The highest BCUT2D eigenvalue weighted by Crippen LogP contribution is 2.28. The van der Waals surface area contributed by atoms with Gasteiger partial charge < -0.3 is 14.9 Å². The van der Waals surface area contributed by atoms with Gasteiger partial charge in [-0.05, 0) is 50.1 Å². The number of nitrogens with two attached hydrogens (primary N) is 1. The van der Waals surface area contributed by atoms with Crippen LogP contribution in [0.4, 0.5) is 0 Å². The first-order valence-corrected chi connectivity index (χ1v) is 6.57. The molecular formula is C15H18ClNO2. The molecule has 0 aliphatic heterocycles. The monoisotopic (exact) mass is 279 g/mol. The molecule has 102 valence electrons. The van der Waals surface area contributed by atoms with Crippen molar-refractivity contribution in [2.24, 2.45) is 5.73 Å². The summed E-state index contributed by atoms with van der Waals surface area (Å²) in [6.45, 7) is 6.74. The number of hydrogen-bond donors (Lipinski definition) is 1. The van der Waals surface area contributed by atoms with Crippen LogP contribution in [0.3, 0.4) is 0 Å². The zero-order chi connectivity index (χ0) is 14.0. The molecular weight excluding hydrogens is 262 g/mol. The Balaban J connectivity index is 2.14. The van der Waals surface area contributed by atoms with E-state index >= 15 is 0 Å². The largest absolute Gasteiger partial charge is 0.485 e. The number of rotatable bonds is 4. The van der Waals surface area contributed by atoms with Gasteiger partial charge in [-0.1, -0.05) is 11.6 Å². The molecule has 0 fully saturated rings. The van der Waals surface area contributed by atoms with Crippen molar-refractivity contribution in [1.29, 1.82) is 0 Å². The first-order chi connectivity index (χ1) is 9.01. The van der Waals surface area contributed by atoms with Crippen molar-refractivity contribution in [2.75, 3.05) is 0 Å². The molecule has 2 aromatic rings. The Morgan fingerprint density at radius 3 is 2.32 bits per heavy atom. The molecule has 2 N–H and O–H groups in total. The van der Waals surface area contributed by atoms with Gasteiger partial charge in [0, 0.05) is 17.1 Å². The van der Waals surface area contributed by atoms with Crippen LogP contribution in [0.1, 0.15) is 28.2 Å². The highest BCUT2D eigenvalue weighted by Gasteiger charge is 2.09. The molecule has 0 aliphatic carbocycles. The van der Waals surface area contributed by atoms with Gasteiger partial charge in [0.2, 0.25) is 0 Å². The van der Waals surface area contributed by atoms with E-state index in [1.165, 1.54) is 0 Å². The van der Waals surface area contributed by atoms with Crippen LogP contribution < -0.4 is 10.5 Å². The quantitative estimate of drug-likeness (QED) is 0.923. The van der Waals surface area contributed by atoms with E-state index in [1.807, 2.05) is 39.0 Å². The van der Waals surface area contributed by atoms with Crippen LogP contribution in [0, 0.1) is 20.8 Å². The molecule has 0 unspecified atom stereocenters. The lowest BCUT2D eigenvalue weighted by Crippen LogP contribution is -1.98. The molecule has 0 saturated heterocycles. The number of furan rings is 1. The fourth-order valence-corrected chi connectivity index (χ4v) is 2.46. The summed E-state index contributed by atoms with van der Waals surface area (Å²) in [5.74, 6) is 2.49. The van der Waals surface area contributed by atoms with E-state index in [0.29, 0.717) is 13.2 Å². The summed E-state index contributed by atoms with van der Waals surface area (Å²) >= 11 is 5.99. The van der Waals surface area contributed by atoms with Gasteiger partial charge in [0.15, 0.2) is 0 Å². The second kappa shape index (κ2) is 5.68. The van der Waals surface area contributed by atoms with Gasteiger partial charge in [0.25, 0.3) is 0 Å². The van der Waals surface area contributed by atoms with E-state index in [2.05, 4.69) is 0 Å². The normalized spacial score (nSPS) is 10.8. The van der Waals surface area contributed by atoms with Gasteiger partial charge >= 0.3 is 0 Å². The fraction of sp³-hybridized carbons (Fsp3) is 0.333. The van der Waals surface area contributed by atoms with Gasteiger partial charge in [-0.2, -0.15) is 0 Å². The number of ether oxygens (including phenoxy) is 1. The van der Waals surface area contributed by atoms with Crippen LogP contribution in [0.25, 0.3) is 0 Å². The first kappa shape index (κ1) is 14.0. The van der Waals surface area contributed by atoms with Crippen molar-refractivity contribution in [2.45, 2.75) is 33.9 Å².